The van der Waals surface area contributed by atoms with Crippen molar-refractivity contribution in [2.45, 2.75) is 39.3 Å². The molecule has 1 aliphatic rings. The quantitative estimate of drug-likeness (QED) is 0.916. The smallest absolute Gasteiger partial charge is 0.225 e. The number of hydrogen-bond donors (Lipinski definition) is 1. The normalized spacial score (nSPS) is 19.2. The van der Waals surface area contributed by atoms with Gasteiger partial charge in [-0.3, -0.25) is 9.59 Å². The molecule has 2 rings (SSSR count). The van der Waals surface area contributed by atoms with Gasteiger partial charge < -0.3 is 10.2 Å². The first-order chi connectivity index (χ1) is 9.35. The maximum atomic E-state index is 12.1. The van der Waals surface area contributed by atoms with E-state index < -0.39 is 0 Å². The van der Waals surface area contributed by atoms with Gasteiger partial charge in [-0.2, -0.15) is 0 Å². The van der Waals surface area contributed by atoms with Crippen molar-refractivity contribution >= 4 is 11.8 Å². The van der Waals surface area contributed by atoms with Crippen molar-refractivity contribution < 1.29 is 9.59 Å². The van der Waals surface area contributed by atoms with Crippen molar-refractivity contribution in [2.24, 2.45) is 5.92 Å². The van der Waals surface area contributed by atoms with Crippen molar-refractivity contribution in [3.63, 3.8) is 0 Å². The number of rotatable bonds is 3. The highest BCUT2D eigenvalue weighted by Crippen LogP contribution is 2.21. The molecule has 0 unspecified atom stereocenters. The van der Waals surface area contributed by atoms with Gasteiger partial charge in [0, 0.05) is 25.0 Å². The van der Waals surface area contributed by atoms with Crippen LogP contribution in [0.4, 0.5) is 0 Å². The zero-order chi connectivity index (χ0) is 14.8. The highest BCUT2D eigenvalue weighted by atomic mass is 16.2. The standard InChI is InChI=1S/C16H22N2O2/c1-16(2,3)17-15(20)13-9-14(19)18(11-13)10-12-7-5-4-6-8-12/h4-8,13H,9-11H2,1-3H3,(H,17,20)/t13-/m1/s1. The fourth-order valence-electron chi connectivity index (χ4n) is 2.38. The molecule has 0 spiro atoms. The molecule has 1 aromatic carbocycles. The van der Waals surface area contributed by atoms with E-state index in [1.54, 1.807) is 4.90 Å². The highest BCUT2D eigenvalue weighted by molar-refractivity contribution is 5.89. The molecule has 0 radical (unpaired) electrons. The SMILES string of the molecule is CC(C)(C)NC(=O)[C@@H]1CC(=O)N(Cc2ccccc2)C1. The third-order valence-corrected chi connectivity index (χ3v) is 3.30. The van der Waals surface area contributed by atoms with E-state index in [0.29, 0.717) is 19.5 Å². The Morgan fingerprint density at radius 2 is 1.95 bits per heavy atom. The van der Waals surface area contributed by atoms with E-state index in [1.165, 1.54) is 0 Å². The fraction of sp³-hybridized carbons (Fsp3) is 0.500. The van der Waals surface area contributed by atoms with Crippen LogP contribution >= 0.6 is 0 Å². The maximum Gasteiger partial charge on any atom is 0.225 e. The molecule has 1 atom stereocenters. The second-order valence-electron chi connectivity index (χ2n) is 6.40. The number of nitrogens with zero attached hydrogens (tertiary/aromatic N) is 1. The van der Waals surface area contributed by atoms with Crippen LogP contribution in [0, 0.1) is 5.92 Å². The van der Waals surface area contributed by atoms with Crippen molar-refractivity contribution in [1.82, 2.24) is 10.2 Å². The molecule has 0 aromatic heterocycles. The highest BCUT2D eigenvalue weighted by Gasteiger charge is 2.35. The molecule has 1 aliphatic heterocycles. The molecule has 4 heteroatoms. The monoisotopic (exact) mass is 274 g/mol. The van der Waals surface area contributed by atoms with E-state index >= 15 is 0 Å². The van der Waals surface area contributed by atoms with Crippen LogP contribution in [0.25, 0.3) is 0 Å². The van der Waals surface area contributed by atoms with Gasteiger partial charge in [0.15, 0.2) is 0 Å². The van der Waals surface area contributed by atoms with Crippen molar-refractivity contribution in [2.75, 3.05) is 6.54 Å². The summed E-state index contributed by atoms with van der Waals surface area (Å²) in [5.41, 5.74) is 0.838. The average molecular weight is 274 g/mol. The second-order valence-corrected chi connectivity index (χ2v) is 6.40. The van der Waals surface area contributed by atoms with Crippen LogP contribution in [-0.4, -0.2) is 28.8 Å². The summed E-state index contributed by atoms with van der Waals surface area (Å²) in [6.07, 6.45) is 0.314. The number of hydrogen-bond acceptors (Lipinski definition) is 2. The van der Waals surface area contributed by atoms with Gasteiger partial charge in [0.1, 0.15) is 0 Å². The summed E-state index contributed by atoms with van der Waals surface area (Å²) in [4.78, 5) is 25.9. The molecule has 0 aliphatic carbocycles. The van der Waals surface area contributed by atoms with Gasteiger partial charge in [0.05, 0.1) is 5.92 Å². The summed E-state index contributed by atoms with van der Waals surface area (Å²) in [5, 5.41) is 2.95. The van der Waals surface area contributed by atoms with Crippen molar-refractivity contribution in [1.29, 1.82) is 0 Å². The Morgan fingerprint density at radius 3 is 2.55 bits per heavy atom. The minimum Gasteiger partial charge on any atom is -0.351 e. The van der Waals surface area contributed by atoms with Gasteiger partial charge >= 0.3 is 0 Å². The first-order valence-corrected chi connectivity index (χ1v) is 6.99. The largest absolute Gasteiger partial charge is 0.351 e. The summed E-state index contributed by atoms with van der Waals surface area (Å²) < 4.78 is 0. The van der Waals surface area contributed by atoms with Crippen LogP contribution in [0.2, 0.25) is 0 Å². The van der Waals surface area contributed by atoms with E-state index in [4.69, 9.17) is 0 Å². The molecule has 1 saturated heterocycles. The Bertz CT molecular complexity index is 491. The number of carbonyl (C=O) groups is 2. The zero-order valence-corrected chi connectivity index (χ0v) is 12.3. The van der Waals surface area contributed by atoms with E-state index in [2.05, 4.69) is 5.32 Å². The lowest BCUT2D eigenvalue weighted by Crippen LogP contribution is -2.44. The topological polar surface area (TPSA) is 49.4 Å². The molecule has 1 fully saturated rings. The summed E-state index contributed by atoms with van der Waals surface area (Å²) in [5.74, 6) is -0.199. The lowest BCUT2D eigenvalue weighted by atomic mass is 10.0. The average Bonchev–Trinajstić information content (AvgIpc) is 2.70. The Balaban J connectivity index is 1.95. The molecular formula is C16H22N2O2. The second kappa shape index (κ2) is 5.65. The van der Waals surface area contributed by atoms with Gasteiger partial charge in [0.25, 0.3) is 0 Å². The lowest BCUT2D eigenvalue weighted by molar-refractivity contribution is -0.129. The molecule has 1 heterocycles. The van der Waals surface area contributed by atoms with Crippen LogP contribution in [0.15, 0.2) is 30.3 Å². The van der Waals surface area contributed by atoms with Gasteiger partial charge in [0.2, 0.25) is 11.8 Å². The molecule has 4 nitrogen and oxygen atoms in total. The summed E-state index contributed by atoms with van der Waals surface area (Å²) in [6, 6.07) is 9.86. The Labute approximate surface area is 120 Å². The molecule has 1 aromatic rings. The van der Waals surface area contributed by atoms with E-state index in [9.17, 15) is 9.59 Å². The van der Waals surface area contributed by atoms with Crippen LogP contribution in [-0.2, 0) is 16.1 Å². The molecule has 20 heavy (non-hydrogen) atoms. The summed E-state index contributed by atoms with van der Waals surface area (Å²) >= 11 is 0. The lowest BCUT2D eigenvalue weighted by Gasteiger charge is -2.23. The molecule has 108 valence electrons. The zero-order valence-electron chi connectivity index (χ0n) is 12.3. The Hall–Kier alpha value is -1.84. The van der Waals surface area contributed by atoms with Gasteiger partial charge in [-0.25, -0.2) is 0 Å². The number of likely N-dealkylation sites (tertiary alicyclic amines) is 1. The molecule has 0 bridgehead atoms. The number of nitrogens with one attached hydrogen (secondary N) is 1. The Kier molecular flexibility index (Phi) is 4.12. The molecule has 2 amide bonds. The van der Waals surface area contributed by atoms with Crippen LogP contribution < -0.4 is 5.32 Å². The van der Waals surface area contributed by atoms with Crippen molar-refractivity contribution in [3.05, 3.63) is 35.9 Å². The van der Waals surface area contributed by atoms with Gasteiger partial charge in [-0.1, -0.05) is 30.3 Å². The number of carbonyl (C=O) groups excluding carboxylic acids is 2. The van der Waals surface area contributed by atoms with E-state index in [1.807, 2.05) is 51.1 Å². The first-order valence-electron chi connectivity index (χ1n) is 6.99. The third-order valence-electron chi connectivity index (χ3n) is 3.30. The fourth-order valence-corrected chi connectivity index (χ4v) is 2.38. The van der Waals surface area contributed by atoms with Gasteiger partial charge in [-0.05, 0) is 26.3 Å². The van der Waals surface area contributed by atoms with Crippen LogP contribution in [0.1, 0.15) is 32.8 Å². The molecule has 0 saturated carbocycles. The summed E-state index contributed by atoms with van der Waals surface area (Å²) in [6.45, 7) is 6.94. The van der Waals surface area contributed by atoms with E-state index in [-0.39, 0.29) is 23.3 Å². The third kappa shape index (κ3) is 3.83. The first kappa shape index (κ1) is 14.6. The maximum absolute atomic E-state index is 12.1. The predicted octanol–water partition coefficient (Wildman–Crippen LogP) is 1.95. The van der Waals surface area contributed by atoms with Crippen LogP contribution in [0.5, 0.6) is 0 Å². The molecule has 1 N–H and O–H groups in total. The minimum absolute atomic E-state index is 0.0265. The predicted molar refractivity (Wildman–Crippen MR) is 77.9 cm³/mol. The number of amides is 2. The summed E-state index contributed by atoms with van der Waals surface area (Å²) in [7, 11) is 0. The van der Waals surface area contributed by atoms with Crippen molar-refractivity contribution in [3.8, 4) is 0 Å². The minimum atomic E-state index is -0.257. The van der Waals surface area contributed by atoms with Gasteiger partial charge in [-0.15, -0.1) is 0 Å². The molecular weight excluding hydrogens is 252 g/mol. The van der Waals surface area contributed by atoms with E-state index in [0.717, 1.165) is 5.56 Å². The number of benzene rings is 1. The van der Waals surface area contributed by atoms with Crippen LogP contribution in [0.3, 0.4) is 0 Å². The Morgan fingerprint density at radius 1 is 1.30 bits per heavy atom.